The summed E-state index contributed by atoms with van der Waals surface area (Å²) in [6, 6.07) is 8.23. The average molecular weight is 263 g/mol. The van der Waals surface area contributed by atoms with E-state index >= 15 is 0 Å². The number of hydrogen-bond acceptors (Lipinski definition) is 4. The Kier molecular flexibility index (Phi) is 3.85. The molecule has 0 aromatic heterocycles. The number of amides is 2. The summed E-state index contributed by atoms with van der Waals surface area (Å²) in [5.74, 6) is -0.550. The van der Waals surface area contributed by atoms with Crippen molar-refractivity contribution in [3.05, 3.63) is 35.9 Å². The molecule has 1 fully saturated rings. The van der Waals surface area contributed by atoms with Gasteiger partial charge < -0.3 is 9.84 Å². The molecule has 0 aliphatic carbocycles. The van der Waals surface area contributed by atoms with Crippen LogP contribution in [0.25, 0.3) is 0 Å². The maximum absolute atomic E-state index is 12.2. The first kappa shape index (κ1) is 13.5. The van der Waals surface area contributed by atoms with E-state index in [1.54, 1.807) is 30.3 Å². The number of nitrogens with zero attached hydrogens (tertiary/aromatic N) is 1. The van der Waals surface area contributed by atoms with Crippen molar-refractivity contribution in [2.45, 2.75) is 26.0 Å². The number of imide groups is 1. The third-order valence-electron chi connectivity index (χ3n) is 3.26. The summed E-state index contributed by atoms with van der Waals surface area (Å²) in [5.41, 5.74) is 0.467. The van der Waals surface area contributed by atoms with Crippen molar-refractivity contribution in [2.24, 2.45) is 5.92 Å². The third-order valence-corrected chi connectivity index (χ3v) is 3.26. The molecule has 1 N–H and O–H groups in total. The van der Waals surface area contributed by atoms with Gasteiger partial charge in [-0.05, 0) is 11.5 Å². The summed E-state index contributed by atoms with van der Waals surface area (Å²) in [5, 5.41) is 10.1. The van der Waals surface area contributed by atoms with Crippen LogP contribution in [0.1, 0.15) is 25.5 Å². The highest BCUT2D eigenvalue weighted by atomic mass is 16.6. The quantitative estimate of drug-likeness (QED) is 0.901. The highest BCUT2D eigenvalue weighted by Gasteiger charge is 2.42. The van der Waals surface area contributed by atoms with E-state index in [0.717, 1.165) is 4.90 Å². The van der Waals surface area contributed by atoms with Crippen LogP contribution in [0.2, 0.25) is 0 Å². The molecule has 2 amide bonds. The molecule has 102 valence electrons. The molecule has 0 spiro atoms. The summed E-state index contributed by atoms with van der Waals surface area (Å²) in [4.78, 5) is 24.9. The van der Waals surface area contributed by atoms with Crippen molar-refractivity contribution < 1.29 is 19.4 Å². The molecule has 5 nitrogen and oxygen atoms in total. The Labute approximate surface area is 111 Å². The van der Waals surface area contributed by atoms with Gasteiger partial charge in [0, 0.05) is 0 Å². The standard InChI is InChI=1S/C14H17NO4/c1-9(2)11-8-19-14(18)15(11)13(17)12(16)10-6-4-3-5-7-10/h3-7,9,11-12,16H,8H2,1-2H3/t11-,12-/m1/s1. The zero-order valence-corrected chi connectivity index (χ0v) is 10.9. The molecule has 19 heavy (non-hydrogen) atoms. The monoisotopic (exact) mass is 263 g/mol. The van der Waals surface area contributed by atoms with E-state index in [1.165, 1.54) is 0 Å². The number of rotatable bonds is 3. The normalized spacial score (nSPS) is 20.5. The zero-order valence-electron chi connectivity index (χ0n) is 10.9. The molecule has 2 rings (SSSR count). The van der Waals surface area contributed by atoms with Gasteiger partial charge in [-0.3, -0.25) is 4.79 Å². The minimum atomic E-state index is -1.34. The van der Waals surface area contributed by atoms with Crippen molar-refractivity contribution in [1.29, 1.82) is 0 Å². The van der Waals surface area contributed by atoms with E-state index in [9.17, 15) is 14.7 Å². The molecule has 1 aromatic rings. The molecular weight excluding hydrogens is 246 g/mol. The number of cyclic esters (lactones) is 1. The minimum absolute atomic E-state index is 0.0818. The maximum atomic E-state index is 12.2. The van der Waals surface area contributed by atoms with Crippen LogP contribution in [0, 0.1) is 5.92 Å². The smallest absolute Gasteiger partial charge is 0.417 e. The number of carbonyl (C=O) groups is 2. The summed E-state index contributed by atoms with van der Waals surface area (Å²) in [6.45, 7) is 3.99. The van der Waals surface area contributed by atoms with Crippen LogP contribution in [0.4, 0.5) is 4.79 Å². The second kappa shape index (κ2) is 5.40. The van der Waals surface area contributed by atoms with Crippen LogP contribution in [0.3, 0.4) is 0 Å². The van der Waals surface area contributed by atoms with Crippen LogP contribution in [-0.2, 0) is 9.53 Å². The molecule has 5 heteroatoms. The Balaban J connectivity index is 2.21. The van der Waals surface area contributed by atoms with Crippen molar-refractivity contribution in [3.8, 4) is 0 Å². The van der Waals surface area contributed by atoms with Crippen LogP contribution in [0.15, 0.2) is 30.3 Å². The van der Waals surface area contributed by atoms with Crippen LogP contribution in [0.5, 0.6) is 0 Å². The highest BCUT2D eigenvalue weighted by Crippen LogP contribution is 2.24. The molecular formula is C14H17NO4. The molecule has 1 aliphatic rings. The van der Waals surface area contributed by atoms with Gasteiger partial charge in [0.15, 0.2) is 6.10 Å². The van der Waals surface area contributed by atoms with Crippen LogP contribution < -0.4 is 0 Å². The number of hydrogen-bond donors (Lipinski definition) is 1. The fraction of sp³-hybridized carbons (Fsp3) is 0.429. The Morgan fingerprint density at radius 3 is 2.58 bits per heavy atom. The lowest BCUT2D eigenvalue weighted by atomic mass is 10.0. The zero-order chi connectivity index (χ0) is 14.0. The second-order valence-corrected chi connectivity index (χ2v) is 4.91. The van der Waals surface area contributed by atoms with Gasteiger partial charge in [-0.1, -0.05) is 44.2 Å². The van der Waals surface area contributed by atoms with Gasteiger partial charge in [0.2, 0.25) is 0 Å². The lowest BCUT2D eigenvalue weighted by Crippen LogP contribution is -2.44. The number of benzene rings is 1. The first-order valence-corrected chi connectivity index (χ1v) is 6.25. The molecule has 0 unspecified atom stereocenters. The molecule has 1 aromatic carbocycles. The van der Waals surface area contributed by atoms with Crippen molar-refractivity contribution in [2.75, 3.05) is 6.61 Å². The van der Waals surface area contributed by atoms with E-state index in [-0.39, 0.29) is 18.6 Å². The first-order chi connectivity index (χ1) is 9.02. The van der Waals surface area contributed by atoms with Gasteiger partial charge in [0.1, 0.15) is 6.61 Å². The molecule has 1 aliphatic heterocycles. The predicted octanol–water partition coefficient (Wildman–Crippen LogP) is 1.72. The highest BCUT2D eigenvalue weighted by molar-refractivity contribution is 5.96. The molecule has 1 saturated heterocycles. The Morgan fingerprint density at radius 2 is 2.00 bits per heavy atom. The molecule has 2 atom stereocenters. The SMILES string of the molecule is CC(C)[C@H]1COC(=O)N1C(=O)[C@H](O)c1ccccc1. The number of aliphatic hydroxyl groups excluding tert-OH is 1. The van der Waals surface area contributed by atoms with E-state index in [4.69, 9.17) is 4.74 Å². The van der Waals surface area contributed by atoms with Gasteiger partial charge in [0.25, 0.3) is 5.91 Å². The molecule has 0 saturated carbocycles. The van der Waals surface area contributed by atoms with Crippen molar-refractivity contribution >= 4 is 12.0 Å². The number of ether oxygens (including phenoxy) is 1. The van der Waals surface area contributed by atoms with Gasteiger partial charge in [-0.25, -0.2) is 9.69 Å². The topological polar surface area (TPSA) is 66.8 Å². The van der Waals surface area contributed by atoms with Gasteiger partial charge in [-0.15, -0.1) is 0 Å². The summed E-state index contributed by atoms with van der Waals surface area (Å²) < 4.78 is 4.90. The van der Waals surface area contributed by atoms with E-state index < -0.39 is 18.1 Å². The number of carbonyl (C=O) groups excluding carboxylic acids is 2. The first-order valence-electron chi connectivity index (χ1n) is 6.25. The summed E-state index contributed by atoms with van der Waals surface area (Å²) in [7, 11) is 0. The molecule has 0 bridgehead atoms. The van der Waals surface area contributed by atoms with E-state index in [1.807, 2.05) is 13.8 Å². The summed E-state index contributed by atoms with van der Waals surface area (Å²) in [6.07, 6.45) is -2.02. The maximum Gasteiger partial charge on any atom is 0.417 e. The molecule has 1 heterocycles. The number of aliphatic hydroxyl groups is 1. The van der Waals surface area contributed by atoms with Gasteiger partial charge in [0.05, 0.1) is 6.04 Å². The fourth-order valence-electron chi connectivity index (χ4n) is 2.09. The Morgan fingerprint density at radius 1 is 1.37 bits per heavy atom. The van der Waals surface area contributed by atoms with Crippen LogP contribution >= 0.6 is 0 Å². The lowest BCUT2D eigenvalue weighted by Gasteiger charge is -2.24. The van der Waals surface area contributed by atoms with Crippen molar-refractivity contribution in [1.82, 2.24) is 4.90 Å². The minimum Gasteiger partial charge on any atom is -0.447 e. The van der Waals surface area contributed by atoms with Gasteiger partial charge >= 0.3 is 6.09 Å². The Hall–Kier alpha value is -1.88. The molecule has 0 radical (unpaired) electrons. The summed E-state index contributed by atoms with van der Waals surface area (Å²) >= 11 is 0. The largest absolute Gasteiger partial charge is 0.447 e. The Bertz CT molecular complexity index is 472. The average Bonchev–Trinajstić information content (AvgIpc) is 2.80. The van der Waals surface area contributed by atoms with E-state index in [0.29, 0.717) is 5.56 Å². The predicted molar refractivity (Wildman–Crippen MR) is 68.2 cm³/mol. The van der Waals surface area contributed by atoms with Crippen molar-refractivity contribution in [3.63, 3.8) is 0 Å². The van der Waals surface area contributed by atoms with Gasteiger partial charge in [-0.2, -0.15) is 0 Å². The third kappa shape index (κ3) is 2.61. The van der Waals surface area contributed by atoms with Crippen LogP contribution in [-0.4, -0.2) is 34.7 Å². The second-order valence-electron chi connectivity index (χ2n) is 4.91. The van der Waals surface area contributed by atoms with E-state index in [2.05, 4.69) is 0 Å². The fourth-order valence-corrected chi connectivity index (χ4v) is 2.09. The lowest BCUT2D eigenvalue weighted by molar-refractivity contribution is -0.139.